The molecule has 0 fully saturated rings. The zero-order chi connectivity index (χ0) is 15.0. The maximum atomic E-state index is 9.78. The average molecular weight is 308 g/mol. The molecule has 0 aliphatic rings. The van der Waals surface area contributed by atoms with Crippen molar-refractivity contribution >= 4 is 46.6 Å². The number of aliphatic hydroxyl groups excluding tert-OH is 3. The predicted octanol–water partition coefficient (Wildman–Crippen LogP) is -2.90. The van der Waals surface area contributed by atoms with Crippen LogP contribution in [0.2, 0.25) is 0 Å². The van der Waals surface area contributed by atoms with E-state index >= 15 is 0 Å². The summed E-state index contributed by atoms with van der Waals surface area (Å²) in [6.45, 7) is 1.30. The van der Waals surface area contributed by atoms with E-state index in [1.54, 1.807) is 0 Å². The number of hydrazone groups is 2. The predicted molar refractivity (Wildman–Crippen MR) is 79.5 cm³/mol. The van der Waals surface area contributed by atoms with Gasteiger partial charge in [-0.05, 0) is 31.4 Å². The summed E-state index contributed by atoms with van der Waals surface area (Å²) < 4.78 is 0. The number of nitrogens with one attached hydrogen (secondary N) is 2. The van der Waals surface area contributed by atoms with Crippen molar-refractivity contribution in [1.82, 2.24) is 10.9 Å². The van der Waals surface area contributed by atoms with Gasteiger partial charge in [0.15, 0.2) is 10.2 Å². The molecule has 0 aliphatic carbocycles. The van der Waals surface area contributed by atoms with Crippen molar-refractivity contribution in [1.29, 1.82) is 0 Å². The fraction of sp³-hybridized carbons (Fsp3) is 0.500. The molecule has 0 bridgehead atoms. The van der Waals surface area contributed by atoms with Crippen molar-refractivity contribution in [3.05, 3.63) is 0 Å². The smallest absolute Gasteiger partial charge is 0.184 e. The van der Waals surface area contributed by atoms with Gasteiger partial charge in [-0.25, -0.2) is 0 Å². The Morgan fingerprint density at radius 1 is 1.16 bits per heavy atom. The highest BCUT2D eigenvalue weighted by Crippen LogP contribution is 2.01. The zero-order valence-corrected chi connectivity index (χ0v) is 11.6. The third-order valence-corrected chi connectivity index (χ3v) is 1.97. The molecule has 0 radical (unpaired) electrons. The van der Waals surface area contributed by atoms with Gasteiger partial charge in [-0.15, -0.1) is 0 Å². The molecule has 9 N–H and O–H groups in total. The molecule has 0 amide bonds. The van der Waals surface area contributed by atoms with E-state index in [2.05, 4.69) is 45.5 Å². The second kappa shape index (κ2) is 8.66. The highest BCUT2D eigenvalue weighted by molar-refractivity contribution is 7.80. The van der Waals surface area contributed by atoms with Crippen LogP contribution in [0.5, 0.6) is 0 Å². The normalized spacial score (nSPS) is 16.7. The van der Waals surface area contributed by atoms with Crippen molar-refractivity contribution in [3.8, 4) is 0 Å². The van der Waals surface area contributed by atoms with Gasteiger partial charge in [-0.3, -0.25) is 10.9 Å². The summed E-state index contributed by atoms with van der Waals surface area (Å²) in [5, 5.41) is 35.5. The monoisotopic (exact) mass is 308 g/mol. The molecule has 0 aromatic heterocycles. The van der Waals surface area contributed by atoms with E-state index in [0.717, 1.165) is 6.21 Å². The van der Waals surface area contributed by atoms with E-state index in [9.17, 15) is 15.3 Å². The minimum atomic E-state index is -1.52. The zero-order valence-electron chi connectivity index (χ0n) is 10.0. The summed E-state index contributed by atoms with van der Waals surface area (Å²) >= 11 is 9.05. The summed E-state index contributed by atoms with van der Waals surface area (Å²) in [6, 6.07) is 0. The number of hydrogen-bond acceptors (Lipinski definition) is 7. The van der Waals surface area contributed by atoms with Crippen molar-refractivity contribution < 1.29 is 15.3 Å². The number of nitrogens with zero attached hydrogens (tertiary/aromatic N) is 2. The van der Waals surface area contributed by atoms with E-state index < -0.39 is 18.3 Å². The van der Waals surface area contributed by atoms with Crippen LogP contribution >= 0.6 is 24.4 Å². The van der Waals surface area contributed by atoms with Gasteiger partial charge in [0.05, 0.1) is 12.3 Å². The van der Waals surface area contributed by atoms with E-state index in [1.165, 1.54) is 6.92 Å². The standard InChI is InChI=1S/C8H16N6O3S2/c1-3(15)5(16)6(17)4(12-14-8(10)19)2-11-13-7(9)18/h2-3,5-6,15-17H,1H3,(H3,9,13,18)(H3,10,14,19)/b11-2+,12-4-. The van der Waals surface area contributed by atoms with Crippen LogP contribution in [0, 0.1) is 0 Å². The first-order valence-corrected chi connectivity index (χ1v) is 5.83. The largest absolute Gasteiger partial charge is 0.391 e. The van der Waals surface area contributed by atoms with Crippen LogP contribution in [0.4, 0.5) is 0 Å². The number of thiocarbonyl (C=S) groups is 2. The lowest BCUT2D eigenvalue weighted by atomic mass is 10.1. The van der Waals surface area contributed by atoms with Crippen molar-refractivity contribution in [2.24, 2.45) is 21.7 Å². The minimum absolute atomic E-state index is 0.0940. The molecule has 0 aliphatic heterocycles. The Morgan fingerprint density at radius 2 is 1.68 bits per heavy atom. The Kier molecular flexibility index (Phi) is 8.02. The summed E-state index contributed by atoms with van der Waals surface area (Å²) in [6.07, 6.45) is -3.12. The van der Waals surface area contributed by atoms with Crippen LogP contribution in [0.25, 0.3) is 0 Å². The Hall–Kier alpha value is -1.40. The molecule has 0 rings (SSSR count). The number of rotatable bonds is 6. The van der Waals surface area contributed by atoms with E-state index in [1.807, 2.05) is 0 Å². The van der Waals surface area contributed by atoms with Crippen LogP contribution in [-0.2, 0) is 0 Å². The molecule has 0 saturated carbocycles. The molecule has 0 aromatic carbocycles. The molecule has 9 nitrogen and oxygen atoms in total. The molecule has 108 valence electrons. The van der Waals surface area contributed by atoms with Crippen LogP contribution < -0.4 is 22.3 Å². The Morgan fingerprint density at radius 3 is 2.11 bits per heavy atom. The lowest BCUT2D eigenvalue weighted by molar-refractivity contribution is -0.0250. The number of hydrogen-bond donors (Lipinski definition) is 7. The molecule has 0 saturated heterocycles. The van der Waals surface area contributed by atoms with Gasteiger partial charge in [-0.1, -0.05) is 0 Å². The van der Waals surface area contributed by atoms with Gasteiger partial charge in [0.1, 0.15) is 17.9 Å². The first-order chi connectivity index (χ1) is 8.75. The Labute approximate surface area is 120 Å². The topological polar surface area (TPSA) is 162 Å². The molecule has 0 spiro atoms. The second-order valence-corrected chi connectivity index (χ2v) is 4.30. The lowest BCUT2D eigenvalue weighted by Crippen LogP contribution is -2.43. The molecule has 3 unspecified atom stereocenters. The van der Waals surface area contributed by atoms with Gasteiger partial charge in [0.25, 0.3) is 0 Å². The Bertz CT molecular complexity index is 387. The van der Waals surface area contributed by atoms with Gasteiger partial charge < -0.3 is 26.8 Å². The van der Waals surface area contributed by atoms with Crippen LogP contribution in [0.1, 0.15) is 6.92 Å². The first kappa shape index (κ1) is 17.6. The average Bonchev–Trinajstić information content (AvgIpc) is 2.30. The maximum Gasteiger partial charge on any atom is 0.184 e. The minimum Gasteiger partial charge on any atom is -0.391 e. The molecule has 0 heterocycles. The highest BCUT2D eigenvalue weighted by Gasteiger charge is 2.25. The van der Waals surface area contributed by atoms with Crippen LogP contribution in [-0.4, -0.2) is 55.8 Å². The molecule has 19 heavy (non-hydrogen) atoms. The van der Waals surface area contributed by atoms with Crippen molar-refractivity contribution in [2.75, 3.05) is 0 Å². The van der Waals surface area contributed by atoms with E-state index in [0.29, 0.717) is 0 Å². The van der Waals surface area contributed by atoms with Gasteiger partial charge >= 0.3 is 0 Å². The first-order valence-electron chi connectivity index (χ1n) is 5.01. The Balaban J connectivity index is 4.94. The quantitative estimate of drug-likeness (QED) is 0.155. The van der Waals surface area contributed by atoms with Crippen LogP contribution in [0.15, 0.2) is 10.2 Å². The van der Waals surface area contributed by atoms with Gasteiger partial charge in [-0.2, -0.15) is 10.2 Å². The molecule has 0 aromatic rings. The molecular formula is C8H16N6O3S2. The van der Waals surface area contributed by atoms with Gasteiger partial charge in [0, 0.05) is 0 Å². The van der Waals surface area contributed by atoms with Crippen molar-refractivity contribution in [3.63, 3.8) is 0 Å². The summed E-state index contributed by atoms with van der Waals surface area (Å²) in [4.78, 5) is 0. The SMILES string of the molecule is CC(O)C(O)C(O)C(/C=N/NC(N)=S)=N\NC(N)=S. The third kappa shape index (κ3) is 7.58. The number of nitrogens with two attached hydrogens (primary N) is 2. The van der Waals surface area contributed by atoms with Crippen LogP contribution in [0.3, 0.4) is 0 Å². The summed E-state index contributed by atoms with van der Waals surface area (Å²) in [7, 11) is 0. The fourth-order valence-electron chi connectivity index (χ4n) is 0.892. The molecular weight excluding hydrogens is 292 g/mol. The highest BCUT2D eigenvalue weighted by atomic mass is 32.1. The fourth-order valence-corrected chi connectivity index (χ4v) is 0.990. The summed E-state index contributed by atoms with van der Waals surface area (Å²) in [5.74, 6) is 0. The second-order valence-electron chi connectivity index (χ2n) is 3.42. The maximum absolute atomic E-state index is 9.78. The summed E-state index contributed by atoms with van der Waals surface area (Å²) in [5.41, 5.74) is 14.6. The third-order valence-electron chi connectivity index (χ3n) is 1.79. The van der Waals surface area contributed by atoms with E-state index in [-0.39, 0.29) is 15.9 Å². The number of aliphatic hydroxyl groups is 3. The van der Waals surface area contributed by atoms with Crippen molar-refractivity contribution in [2.45, 2.75) is 25.2 Å². The van der Waals surface area contributed by atoms with E-state index in [4.69, 9.17) is 11.5 Å². The van der Waals surface area contributed by atoms with Gasteiger partial charge in [0.2, 0.25) is 0 Å². The lowest BCUT2D eigenvalue weighted by Gasteiger charge is -2.19. The molecule has 3 atom stereocenters. The molecule has 11 heteroatoms.